The molecule has 1 aromatic rings. The molecular formula is C19H29N3O2. The SMILES string of the molecule is CN1CCC(CNC(=O)Cc2ccccc2)(N2CCOCC2)CC1. The maximum Gasteiger partial charge on any atom is 0.224 e. The molecule has 1 N–H and O–H groups in total. The monoisotopic (exact) mass is 331 g/mol. The van der Waals surface area contributed by atoms with Crippen LogP contribution in [-0.2, 0) is 16.0 Å². The van der Waals surface area contributed by atoms with Gasteiger partial charge in [-0.25, -0.2) is 0 Å². The molecule has 2 fully saturated rings. The summed E-state index contributed by atoms with van der Waals surface area (Å²) in [6.07, 6.45) is 2.67. The fourth-order valence-electron chi connectivity index (χ4n) is 3.78. The van der Waals surface area contributed by atoms with Crippen molar-refractivity contribution in [3.05, 3.63) is 35.9 Å². The van der Waals surface area contributed by atoms with Gasteiger partial charge in [-0.1, -0.05) is 30.3 Å². The number of ether oxygens (including phenoxy) is 1. The van der Waals surface area contributed by atoms with E-state index in [4.69, 9.17) is 4.74 Å². The lowest BCUT2D eigenvalue weighted by Gasteiger charge is -2.49. The number of carbonyl (C=O) groups is 1. The van der Waals surface area contributed by atoms with Gasteiger partial charge in [0, 0.05) is 25.2 Å². The third-order valence-electron chi connectivity index (χ3n) is 5.42. The van der Waals surface area contributed by atoms with E-state index in [1.54, 1.807) is 0 Å². The highest BCUT2D eigenvalue weighted by atomic mass is 16.5. The number of rotatable bonds is 5. The molecule has 0 saturated carbocycles. The Labute approximate surface area is 145 Å². The van der Waals surface area contributed by atoms with Crippen LogP contribution in [0.1, 0.15) is 18.4 Å². The summed E-state index contributed by atoms with van der Waals surface area (Å²) in [7, 11) is 2.18. The molecule has 2 saturated heterocycles. The fraction of sp³-hybridized carbons (Fsp3) is 0.632. The first-order valence-corrected chi connectivity index (χ1v) is 9.00. The second-order valence-electron chi connectivity index (χ2n) is 7.07. The molecule has 0 radical (unpaired) electrons. The maximum atomic E-state index is 12.4. The van der Waals surface area contributed by atoms with Gasteiger partial charge in [-0.15, -0.1) is 0 Å². The number of nitrogens with one attached hydrogen (secondary N) is 1. The highest BCUT2D eigenvalue weighted by molar-refractivity contribution is 5.78. The molecule has 1 amide bonds. The van der Waals surface area contributed by atoms with Crippen LogP contribution in [0.5, 0.6) is 0 Å². The number of morpholine rings is 1. The van der Waals surface area contributed by atoms with Gasteiger partial charge >= 0.3 is 0 Å². The normalized spacial score (nSPS) is 22.2. The molecule has 0 aromatic heterocycles. The first kappa shape index (κ1) is 17.4. The second-order valence-corrected chi connectivity index (χ2v) is 7.07. The van der Waals surface area contributed by atoms with E-state index < -0.39 is 0 Å². The number of carbonyl (C=O) groups excluding carboxylic acids is 1. The molecule has 5 heteroatoms. The Morgan fingerprint density at radius 2 is 1.79 bits per heavy atom. The number of piperidine rings is 1. The van der Waals surface area contributed by atoms with Crippen LogP contribution in [0.3, 0.4) is 0 Å². The summed E-state index contributed by atoms with van der Waals surface area (Å²) in [6.45, 7) is 6.46. The van der Waals surface area contributed by atoms with E-state index in [0.717, 1.165) is 64.3 Å². The number of amides is 1. The molecule has 0 spiro atoms. The van der Waals surface area contributed by atoms with Gasteiger partial charge in [0.15, 0.2) is 0 Å². The van der Waals surface area contributed by atoms with E-state index in [1.807, 2.05) is 30.3 Å². The lowest BCUT2D eigenvalue weighted by molar-refractivity contribution is -0.121. The van der Waals surface area contributed by atoms with Crippen molar-refractivity contribution in [3.8, 4) is 0 Å². The highest BCUT2D eigenvalue weighted by Crippen LogP contribution is 2.29. The van der Waals surface area contributed by atoms with Crippen LogP contribution in [0, 0.1) is 0 Å². The van der Waals surface area contributed by atoms with Crippen molar-refractivity contribution in [2.45, 2.75) is 24.8 Å². The van der Waals surface area contributed by atoms with Crippen molar-refractivity contribution < 1.29 is 9.53 Å². The van der Waals surface area contributed by atoms with Crippen LogP contribution < -0.4 is 5.32 Å². The minimum Gasteiger partial charge on any atom is -0.379 e. The van der Waals surface area contributed by atoms with Crippen LogP contribution in [-0.4, -0.2) is 74.2 Å². The molecule has 2 aliphatic rings. The summed E-state index contributed by atoms with van der Waals surface area (Å²) in [4.78, 5) is 17.3. The predicted molar refractivity (Wildman–Crippen MR) is 95.0 cm³/mol. The summed E-state index contributed by atoms with van der Waals surface area (Å²) in [5.74, 6) is 0.118. The number of likely N-dealkylation sites (tertiary alicyclic amines) is 1. The first-order chi connectivity index (χ1) is 11.7. The van der Waals surface area contributed by atoms with E-state index in [2.05, 4.69) is 22.2 Å². The standard InChI is InChI=1S/C19H29N3O2/c1-21-9-7-19(8-10-21,22-11-13-24-14-12-22)16-20-18(23)15-17-5-3-2-4-6-17/h2-6H,7-16H2,1H3,(H,20,23). The summed E-state index contributed by atoms with van der Waals surface area (Å²) in [6, 6.07) is 9.96. The zero-order valence-corrected chi connectivity index (χ0v) is 14.7. The van der Waals surface area contributed by atoms with Gasteiger partial charge in [0.2, 0.25) is 5.91 Å². The number of nitrogens with zero attached hydrogens (tertiary/aromatic N) is 2. The summed E-state index contributed by atoms with van der Waals surface area (Å²) in [5, 5.41) is 3.21. The van der Waals surface area contributed by atoms with Crippen LogP contribution in [0.2, 0.25) is 0 Å². The van der Waals surface area contributed by atoms with E-state index in [9.17, 15) is 4.79 Å². The highest BCUT2D eigenvalue weighted by Gasteiger charge is 2.39. The number of hydrogen-bond donors (Lipinski definition) is 1. The lowest BCUT2D eigenvalue weighted by Crippen LogP contribution is -2.62. The Bertz CT molecular complexity index is 521. The van der Waals surface area contributed by atoms with E-state index in [-0.39, 0.29) is 11.4 Å². The summed E-state index contributed by atoms with van der Waals surface area (Å²) < 4.78 is 5.52. The maximum absolute atomic E-state index is 12.4. The Morgan fingerprint density at radius 1 is 1.12 bits per heavy atom. The van der Waals surface area contributed by atoms with Crippen LogP contribution in [0.4, 0.5) is 0 Å². The van der Waals surface area contributed by atoms with Crippen molar-refractivity contribution in [3.63, 3.8) is 0 Å². The first-order valence-electron chi connectivity index (χ1n) is 9.00. The third-order valence-corrected chi connectivity index (χ3v) is 5.42. The van der Waals surface area contributed by atoms with Gasteiger partial charge in [-0.3, -0.25) is 9.69 Å². The van der Waals surface area contributed by atoms with E-state index in [1.165, 1.54) is 0 Å². The van der Waals surface area contributed by atoms with E-state index in [0.29, 0.717) is 6.42 Å². The molecule has 0 aliphatic carbocycles. The number of hydrogen-bond acceptors (Lipinski definition) is 4. The minimum atomic E-state index is 0.0860. The molecular weight excluding hydrogens is 302 g/mol. The van der Waals surface area contributed by atoms with Crippen LogP contribution in [0.25, 0.3) is 0 Å². The average Bonchev–Trinajstić information content (AvgIpc) is 2.63. The van der Waals surface area contributed by atoms with Crippen molar-refractivity contribution in [2.24, 2.45) is 0 Å². The molecule has 2 heterocycles. The van der Waals surface area contributed by atoms with Gasteiger partial charge in [-0.2, -0.15) is 0 Å². The van der Waals surface area contributed by atoms with Crippen LogP contribution >= 0.6 is 0 Å². The van der Waals surface area contributed by atoms with E-state index >= 15 is 0 Å². The third kappa shape index (κ3) is 4.35. The Balaban J connectivity index is 1.60. The smallest absolute Gasteiger partial charge is 0.224 e. The zero-order chi connectivity index (χ0) is 16.8. The Hall–Kier alpha value is -1.43. The van der Waals surface area contributed by atoms with Gasteiger partial charge in [0.05, 0.1) is 19.6 Å². The van der Waals surface area contributed by atoms with Crippen molar-refractivity contribution >= 4 is 5.91 Å². The zero-order valence-electron chi connectivity index (χ0n) is 14.7. The molecule has 1 aromatic carbocycles. The van der Waals surface area contributed by atoms with Crippen LogP contribution in [0.15, 0.2) is 30.3 Å². The minimum absolute atomic E-state index is 0.0860. The fourth-order valence-corrected chi connectivity index (χ4v) is 3.78. The molecule has 2 aliphatic heterocycles. The quantitative estimate of drug-likeness (QED) is 0.879. The summed E-state index contributed by atoms with van der Waals surface area (Å²) in [5.41, 5.74) is 1.15. The van der Waals surface area contributed by atoms with Gasteiger partial charge < -0.3 is 15.0 Å². The van der Waals surface area contributed by atoms with Crippen molar-refractivity contribution in [1.82, 2.24) is 15.1 Å². The van der Waals surface area contributed by atoms with Gasteiger partial charge in [0.1, 0.15) is 0 Å². The molecule has 0 bridgehead atoms. The number of benzene rings is 1. The molecule has 0 atom stereocenters. The van der Waals surface area contributed by atoms with Gasteiger partial charge in [-0.05, 0) is 38.5 Å². The average molecular weight is 331 g/mol. The topological polar surface area (TPSA) is 44.8 Å². The second kappa shape index (κ2) is 8.10. The molecule has 0 unspecified atom stereocenters. The predicted octanol–water partition coefficient (Wildman–Crippen LogP) is 1.14. The molecule has 3 rings (SSSR count). The molecule has 132 valence electrons. The largest absolute Gasteiger partial charge is 0.379 e. The molecule has 5 nitrogen and oxygen atoms in total. The Morgan fingerprint density at radius 3 is 2.46 bits per heavy atom. The lowest BCUT2D eigenvalue weighted by atomic mass is 9.85. The van der Waals surface area contributed by atoms with Gasteiger partial charge in [0.25, 0.3) is 0 Å². The van der Waals surface area contributed by atoms with Crippen molar-refractivity contribution in [1.29, 1.82) is 0 Å². The molecule has 24 heavy (non-hydrogen) atoms. The summed E-state index contributed by atoms with van der Waals surface area (Å²) >= 11 is 0. The Kier molecular flexibility index (Phi) is 5.87. The van der Waals surface area contributed by atoms with Crippen molar-refractivity contribution in [2.75, 3.05) is 53.0 Å².